The van der Waals surface area contributed by atoms with Crippen molar-refractivity contribution in [1.29, 1.82) is 0 Å². The fourth-order valence-corrected chi connectivity index (χ4v) is 7.94. The Labute approximate surface area is 251 Å². The number of fused-ring (bicyclic) bond motifs is 2. The molecule has 3 aliphatic rings. The molecule has 1 aromatic heterocycles. The molecule has 0 saturated carbocycles. The average molecular weight is 632 g/mol. The number of carbonyl (C=O) groups excluding carboxylic acids is 3. The van der Waals surface area contributed by atoms with E-state index in [1.165, 1.54) is 17.7 Å². The highest BCUT2D eigenvalue weighted by molar-refractivity contribution is 7.52. The second kappa shape index (κ2) is 11.4. The van der Waals surface area contributed by atoms with Gasteiger partial charge in [0.1, 0.15) is 12.1 Å². The molecule has 3 aliphatic heterocycles. The molecule has 3 fully saturated rings. The van der Waals surface area contributed by atoms with Crippen molar-refractivity contribution in [2.45, 2.75) is 62.3 Å². The number of hydrogen-bond acceptors (Lipinski definition) is 5. The minimum atomic E-state index is -5.74. The number of carbonyl (C=O) groups is 3. The van der Waals surface area contributed by atoms with E-state index in [-0.39, 0.29) is 28.1 Å². The maximum atomic E-state index is 14.2. The Bertz CT molecular complexity index is 1610. The molecular weight excluding hydrogens is 599 g/mol. The van der Waals surface area contributed by atoms with E-state index in [1.54, 1.807) is 4.90 Å². The number of hydrogen-bond donors (Lipinski definition) is 3. The highest BCUT2D eigenvalue weighted by atomic mass is 32.1. The number of thiophene rings is 1. The van der Waals surface area contributed by atoms with Crippen LogP contribution in [-0.2, 0) is 26.2 Å². The number of amides is 3. The van der Waals surface area contributed by atoms with Crippen molar-refractivity contribution in [3.63, 3.8) is 0 Å². The molecule has 0 aliphatic carbocycles. The summed E-state index contributed by atoms with van der Waals surface area (Å²) in [6.45, 7) is 1.32. The van der Waals surface area contributed by atoms with E-state index in [0.717, 1.165) is 42.7 Å². The van der Waals surface area contributed by atoms with Crippen LogP contribution in [0.5, 0.6) is 0 Å². The molecular formula is C30H32F2N3O6PS. The van der Waals surface area contributed by atoms with Gasteiger partial charge >= 0.3 is 13.3 Å². The van der Waals surface area contributed by atoms with Gasteiger partial charge in [0.05, 0.1) is 4.88 Å². The van der Waals surface area contributed by atoms with Gasteiger partial charge in [-0.25, -0.2) is 0 Å². The largest absolute Gasteiger partial charge is 0.399 e. The fourth-order valence-electron chi connectivity index (χ4n) is 6.51. The molecule has 0 spiro atoms. The second-order valence-corrected chi connectivity index (χ2v) is 14.4. The van der Waals surface area contributed by atoms with Crippen molar-refractivity contribution in [3.8, 4) is 0 Å². The van der Waals surface area contributed by atoms with Crippen molar-refractivity contribution in [1.82, 2.24) is 15.1 Å². The summed E-state index contributed by atoms with van der Waals surface area (Å²) in [5.74, 6) is -0.483. The molecule has 4 heterocycles. The second-order valence-electron chi connectivity index (χ2n) is 11.7. The molecule has 3 saturated heterocycles. The van der Waals surface area contributed by atoms with Crippen LogP contribution in [0.4, 0.5) is 8.78 Å². The van der Waals surface area contributed by atoms with Crippen LogP contribution in [0.1, 0.15) is 52.9 Å². The van der Waals surface area contributed by atoms with Crippen LogP contribution < -0.4 is 5.32 Å². The van der Waals surface area contributed by atoms with Crippen LogP contribution in [0.15, 0.2) is 54.6 Å². The van der Waals surface area contributed by atoms with Gasteiger partial charge in [-0.15, -0.1) is 11.3 Å². The number of rotatable bonds is 7. The highest BCUT2D eigenvalue weighted by Gasteiger charge is 2.50. The van der Waals surface area contributed by atoms with Gasteiger partial charge in [-0.3, -0.25) is 18.9 Å². The fraction of sp³-hybridized carbons (Fsp3) is 0.433. The number of nitrogens with one attached hydrogen (secondary N) is 1. The van der Waals surface area contributed by atoms with Crippen LogP contribution in [0.3, 0.4) is 0 Å². The quantitative estimate of drug-likeness (QED) is 0.331. The van der Waals surface area contributed by atoms with Gasteiger partial charge in [0.2, 0.25) is 11.8 Å². The van der Waals surface area contributed by atoms with Gasteiger partial charge in [-0.1, -0.05) is 36.4 Å². The third-order valence-corrected chi connectivity index (χ3v) is 10.9. The average Bonchev–Trinajstić information content (AvgIpc) is 3.54. The predicted molar refractivity (Wildman–Crippen MR) is 157 cm³/mol. The summed E-state index contributed by atoms with van der Waals surface area (Å²) in [4.78, 5) is 62.3. The molecule has 0 radical (unpaired) electrons. The molecule has 43 heavy (non-hydrogen) atoms. The smallest absolute Gasteiger partial charge is 0.340 e. The van der Waals surface area contributed by atoms with Crippen molar-refractivity contribution in [2.24, 2.45) is 5.92 Å². The molecule has 3 amide bonds. The van der Waals surface area contributed by atoms with E-state index in [9.17, 15) is 27.7 Å². The number of halogens is 2. The molecule has 228 valence electrons. The summed E-state index contributed by atoms with van der Waals surface area (Å²) < 4.78 is 40.2. The molecule has 6 rings (SSSR count). The monoisotopic (exact) mass is 631 g/mol. The van der Waals surface area contributed by atoms with Crippen LogP contribution in [0, 0.1) is 5.92 Å². The SMILES string of the molecule is O=C(N[C@H]1CCC[C@H]2CC[C@@H](C(=O)N3CC(Cc4ccccc4)C3)N2C1=O)c1cc2cc(C(F)(F)P(=O)(O)O)ccc2s1. The first kappa shape index (κ1) is 29.9. The molecule has 2 aromatic carbocycles. The lowest BCUT2D eigenvalue weighted by Crippen LogP contribution is -2.59. The lowest BCUT2D eigenvalue weighted by atomic mass is 9.91. The van der Waals surface area contributed by atoms with Crippen LogP contribution >= 0.6 is 18.9 Å². The van der Waals surface area contributed by atoms with Gasteiger partial charge in [0, 0.05) is 29.4 Å². The van der Waals surface area contributed by atoms with Gasteiger partial charge < -0.3 is 24.9 Å². The molecule has 0 bridgehead atoms. The van der Waals surface area contributed by atoms with Crippen LogP contribution in [0.25, 0.3) is 10.1 Å². The zero-order valence-corrected chi connectivity index (χ0v) is 24.9. The molecule has 13 heteroatoms. The van der Waals surface area contributed by atoms with Crippen molar-refractivity contribution in [3.05, 3.63) is 70.6 Å². The molecule has 3 atom stereocenters. The normalized spacial score (nSPS) is 23.2. The summed E-state index contributed by atoms with van der Waals surface area (Å²) in [6.07, 6.45) is 4.10. The van der Waals surface area contributed by atoms with Gasteiger partial charge in [-0.05, 0) is 73.6 Å². The molecule has 9 nitrogen and oxygen atoms in total. The van der Waals surface area contributed by atoms with Gasteiger partial charge in [0.25, 0.3) is 5.91 Å². The van der Waals surface area contributed by atoms with Crippen LogP contribution in [-0.4, -0.2) is 68.5 Å². The Morgan fingerprint density at radius 3 is 2.49 bits per heavy atom. The Morgan fingerprint density at radius 2 is 1.77 bits per heavy atom. The molecule has 3 aromatic rings. The van der Waals surface area contributed by atoms with E-state index in [2.05, 4.69) is 17.4 Å². The van der Waals surface area contributed by atoms with Crippen molar-refractivity contribution in [2.75, 3.05) is 13.1 Å². The van der Waals surface area contributed by atoms with E-state index in [4.69, 9.17) is 9.79 Å². The minimum absolute atomic E-state index is 0.0421. The Balaban J connectivity index is 1.12. The topological polar surface area (TPSA) is 127 Å². The molecule has 3 N–H and O–H groups in total. The summed E-state index contributed by atoms with van der Waals surface area (Å²) >= 11 is 1.03. The summed E-state index contributed by atoms with van der Waals surface area (Å²) in [6, 6.07) is 13.3. The summed E-state index contributed by atoms with van der Waals surface area (Å²) in [5, 5.41) is 3.04. The zero-order valence-electron chi connectivity index (χ0n) is 23.2. The van der Waals surface area contributed by atoms with Crippen LogP contribution in [0.2, 0.25) is 0 Å². The maximum absolute atomic E-state index is 14.2. The van der Waals surface area contributed by atoms with E-state index < -0.39 is 36.8 Å². The Morgan fingerprint density at radius 1 is 1.02 bits per heavy atom. The number of alkyl halides is 2. The molecule has 0 unspecified atom stereocenters. The third-order valence-electron chi connectivity index (χ3n) is 8.76. The van der Waals surface area contributed by atoms with Crippen molar-refractivity contribution >= 4 is 46.7 Å². The first-order valence-electron chi connectivity index (χ1n) is 14.4. The van der Waals surface area contributed by atoms with E-state index in [1.807, 2.05) is 23.1 Å². The number of nitrogens with zero attached hydrogens (tertiary/aromatic N) is 2. The highest BCUT2D eigenvalue weighted by Crippen LogP contribution is 2.59. The van der Waals surface area contributed by atoms with Gasteiger partial charge in [-0.2, -0.15) is 8.78 Å². The van der Waals surface area contributed by atoms with E-state index in [0.29, 0.717) is 43.0 Å². The lowest BCUT2D eigenvalue weighted by Gasteiger charge is -2.42. The Hall–Kier alpha value is -3.18. The third kappa shape index (κ3) is 5.73. The van der Waals surface area contributed by atoms with E-state index >= 15 is 0 Å². The first-order chi connectivity index (χ1) is 20.4. The first-order valence-corrected chi connectivity index (χ1v) is 16.8. The summed E-state index contributed by atoms with van der Waals surface area (Å²) in [7, 11) is -5.74. The number of benzene rings is 2. The van der Waals surface area contributed by atoms with Crippen molar-refractivity contribution < 1.29 is 37.5 Å². The standard InChI is InChI=1S/C30H32F2N3O6PS/c31-30(32,42(39,40)41)21-9-12-25-20(14-21)15-26(43-25)27(36)33-23-8-4-7-22-10-11-24(35(22)28(23)37)29(38)34-16-19(17-34)13-18-5-2-1-3-6-18/h1-3,5-6,9,12,14-15,19,22-24H,4,7-8,10-11,13,16-17H2,(H,33,36)(H2,39,40,41)/t22-,23-,24-/m0/s1. The Kier molecular flexibility index (Phi) is 7.91. The lowest BCUT2D eigenvalue weighted by molar-refractivity contribution is -0.150. The zero-order chi connectivity index (χ0) is 30.5. The number of likely N-dealkylation sites (tertiary alicyclic amines) is 1. The maximum Gasteiger partial charge on any atom is 0.399 e. The van der Waals surface area contributed by atoms with Gasteiger partial charge in [0.15, 0.2) is 0 Å². The summed E-state index contributed by atoms with van der Waals surface area (Å²) in [5.41, 5.74) is -3.97. The minimum Gasteiger partial charge on any atom is -0.340 e. The predicted octanol–water partition coefficient (Wildman–Crippen LogP) is 4.47.